The lowest BCUT2D eigenvalue weighted by Crippen LogP contribution is -2.32. The van der Waals surface area contributed by atoms with E-state index in [2.05, 4.69) is 9.62 Å². The van der Waals surface area contributed by atoms with Crippen LogP contribution < -0.4 is 9.62 Å². The Hall–Kier alpha value is -1.60. The van der Waals surface area contributed by atoms with E-state index in [-0.39, 0.29) is 17.4 Å². The highest BCUT2D eigenvalue weighted by atomic mass is 32.2. The summed E-state index contributed by atoms with van der Waals surface area (Å²) in [7, 11) is -2.06. The second-order valence-electron chi connectivity index (χ2n) is 4.99. The molecule has 0 bridgehead atoms. The van der Waals surface area contributed by atoms with E-state index >= 15 is 0 Å². The predicted octanol–water partition coefficient (Wildman–Crippen LogP) is 1.67. The largest absolute Gasteiger partial charge is 0.481 e. The molecule has 0 spiro atoms. The van der Waals surface area contributed by atoms with Gasteiger partial charge in [-0.05, 0) is 51.6 Å². The summed E-state index contributed by atoms with van der Waals surface area (Å²) < 4.78 is 25.6. The zero-order valence-corrected chi connectivity index (χ0v) is 13.4. The molecule has 118 valence electrons. The normalized spacial score (nSPS) is 11.6. The van der Waals surface area contributed by atoms with Crippen LogP contribution in [0.2, 0.25) is 0 Å². The number of hydrogen-bond donors (Lipinski definition) is 2. The summed E-state index contributed by atoms with van der Waals surface area (Å²) in [5.41, 5.74) is 0.880. The summed E-state index contributed by atoms with van der Waals surface area (Å²) in [4.78, 5) is 12.8. The van der Waals surface area contributed by atoms with E-state index in [9.17, 15) is 13.2 Å². The number of carboxylic acids is 1. The van der Waals surface area contributed by atoms with Crippen molar-refractivity contribution in [2.45, 2.75) is 37.6 Å². The molecule has 0 aromatic heterocycles. The number of benzene rings is 1. The highest BCUT2D eigenvalue weighted by molar-refractivity contribution is 7.89. The van der Waals surface area contributed by atoms with Gasteiger partial charge in [-0.3, -0.25) is 4.79 Å². The molecule has 21 heavy (non-hydrogen) atoms. The fraction of sp³-hybridized carbons (Fsp3) is 0.500. The van der Waals surface area contributed by atoms with Gasteiger partial charge in [0.2, 0.25) is 10.0 Å². The van der Waals surface area contributed by atoms with E-state index in [1.54, 1.807) is 24.3 Å². The van der Waals surface area contributed by atoms with E-state index in [0.29, 0.717) is 13.0 Å². The fourth-order valence-corrected chi connectivity index (χ4v) is 2.75. The maximum absolute atomic E-state index is 11.7. The first-order valence-corrected chi connectivity index (χ1v) is 8.28. The first-order valence-electron chi connectivity index (χ1n) is 6.80. The molecular formula is C14H22N2O4S. The molecule has 0 fully saturated rings. The Morgan fingerprint density at radius 1 is 1.29 bits per heavy atom. The molecule has 0 atom stereocenters. The molecule has 0 radical (unpaired) electrons. The van der Waals surface area contributed by atoms with Gasteiger partial charge in [0.15, 0.2) is 0 Å². The van der Waals surface area contributed by atoms with E-state index in [1.165, 1.54) is 7.05 Å². The third kappa shape index (κ3) is 5.02. The minimum Gasteiger partial charge on any atom is -0.481 e. The van der Waals surface area contributed by atoms with Crippen molar-refractivity contribution in [3.63, 3.8) is 0 Å². The van der Waals surface area contributed by atoms with Crippen LogP contribution in [0.25, 0.3) is 0 Å². The summed E-state index contributed by atoms with van der Waals surface area (Å²) in [5, 5.41) is 8.70. The van der Waals surface area contributed by atoms with Crippen molar-refractivity contribution in [1.82, 2.24) is 4.72 Å². The second kappa shape index (κ2) is 7.42. The molecule has 0 amide bonds. The topological polar surface area (TPSA) is 86.7 Å². The van der Waals surface area contributed by atoms with Crippen LogP contribution in [0.1, 0.15) is 26.7 Å². The smallest absolute Gasteiger partial charge is 0.303 e. The Bertz CT molecular complexity index is 567. The molecule has 1 aromatic carbocycles. The van der Waals surface area contributed by atoms with Crippen LogP contribution in [0.5, 0.6) is 0 Å². The molecule has 1 rings (SSSR count). The van der Waals surface area contributed by atoms with Gasteiger partial charge in [0, 0.05) is 24.7 Å². The summed E-state index contributed by atoms with van der Waals surface area (Å²) in [6.07, 6.45) is 0.666. The first-order chi connectivity index (χ1) is 9.77. The Morgan fingerprint density at radius 3 is 2.29 bits per heavy atom. The number of rotatable bonds is 8. The van der Waals surface area contributed by atoms with E-state index < -0.39 is 16.0 Å². The maximum atomic E-state index is 11.7. The molecule has 0 aliphatic rings. The van der Waals surface area contributed by atoms with Gasteiger partial charge in [0.05, 0.1) is 4.90 Å². The number of nitrogens with one attached hydrogen (secondary N) is 1. The SMILES string of the molecule is CNS(=O)(=O)c1ccc(N(CCCC(=O)O)C(C)C)cc1. The molecule has 2 N–H and O–H groups in total. The van der Waals surface area contributed by atoms with Crippen LogP contribution in [-0.2, 0) is 14.8 Å². The molecule has 7 heteroatoms. The lowest BCUT2D eigenvalue weighted by molar-refractivity contribution is -0.137. The summed E-state index contributed by atoms with van der Waals surface area (Å²) >= 11 is 0. The number of anilines is 1. The van der Waals surface area contributed by atoms with Crippen LogP contribution >= 0.6 is 0 Å². The Morgan fingerprint density at radius 2 is 1.86 bits per heavy atom. The van der Waals surface area contributed by atoms with Gasteiger partial charge in [-0.25, -0.2) is 13.1 Å². The fourth-order valence-electron chi connectivity index (χ4n) is 2.02. The molecule has 0 aliphatic carbocycles. The second-order valence-corrected chi connectivity index (χ2v) is 6.87. The summed E-state index contributed by atoms with van der Waals surface area (Å²) in [5.74, 6) is -0.811. The van der Waals surface area contributed by atoms with Crippen LogP contribution in [-0.4, -0.2) is 39.1 Å². The lowest BCUT2D eigenvalue weighted by atomic mass is 10.2. The number of sulfonamides is 1. The summed E-state index contributed by atoms with van der Waals surface area (Å²) in [6.45, 7) is 4.64. The molecule has 0 saturated carbocycles. The molecule has 6 nitrogen and oxygen atoms in total. The van der Waals surface area contributed by atoms with E-state index in [0.717, 1.165) is 5.69 Å². The number of hydrogen-bond acceptors (Lipinski definition) is 4. The van der Waals surface area contributed by atoms with Crippen molar-refractivity contribution in [2.24, 2.45) is 0 Å². The molecular weight excluding hydrogens is 292 g/mol. The van der Waals surface area contributed by atoms with Crippen LogP contribution in [0.3, 0.4) is 0 Å². The summed E-state index contributed by atoms with van der Waals surface area (Å²) in [6, 6.07) is 6.78. The van der Waals surface area contributed by atoms with Gasteiger partial charge >= 0.3 is 5.97 Å². The molecule has 0 aliphatic heterocycles. The maximum Gasteiger partial charge on any atom is 0.303 e. The molecule has 0 heterocycles. The van der Waals surface area contributed by atoms with Gasteiger partial charge in [0.25, 0.3) is 0 Å². The van der Waals surface area contributed by atoms with Crippen molar-refractivity contribution in [1.29, 1.82) is 0 Å². The average molecular weight is 314 g/mol. The number of nitrogens with zero attached hydrogens (tertiary/aromatic N) is 1. The monoisotopic (exact) mass is 314 g/mol. The number of carboxylic acid groups (broad SMARTS) is 1. The minimum atomic E-state index is -3.44. The van der Waals surface area contributed by atoms with Crippen molar-refractivity contribution in [3.05, 3.63) is 24.3 Å². The minimum absolute atomic E-state index is 0.120. The predicted molar refractivity (Wildman–Crippen MR) is 82.0 cm³/mol. The quantitative estimate of drug-likeness (QED) is 0.762. The molecule has 1 aromatic rings. The highest BCUT2D eigenvalue weighted by Gasteiger charge is 2.14. The van der Waals surface area contributed by atoms with Gasteiger partial charge in [-0.2, -0.15) is 0 Å². The van der Waals surface area contributed by atoms with Gasteiger partial charge in [-0.15, -0.1) is 0 Å². The van der Waals surface area contributed by atoms with Crippen LogP contribution in [0, 0.1) is 0 Å². The Balaban J connectivity index is 2.87. The van der Waals surface area contributed by atoms with Gasteiger partial charge in [0.1, 0.15) is 0 Å². The van der Waals surface area contributed by atoms with Gasteiger partial charge in [-0.1, -0.05) is 0 Å². The van der Waals surface area contributed by atoms with Crippen molar-refractivity contribution in [3.8, 4) is 0 Å². The number of carbonyl (C=O) groups is 1. The zero-order valence-electron chi connectivity index (χ0n) is 12.5. The van der Waals surface area contributed by atoms with Crippen molar-refractivity contribution < 1.29 is 18.3 Å². The van der Waals surface area contributed by atoms with Gasteiger partial charge < -0.3 is 10.0 Å². The first kappa shape index (κ1) is 17.5. The standard InChI is InChI=1S/C14H22N2O4S/c1-11(2)16(10-4-5-14(17)18)12-6-8-13(9-7-12)21(19,20)15-3/h6-9,11,15H,4-5,10H2,1-3H3,(H,17,18). The third-order valence-corrected chi connectivity index (χ3v) is 4.59. The van der Waals surface area contributed by atoms with Crippen molar-refractivity contribution >= 4 is 21.7 Å². The Kier molecular flexibility index (Phi) is 6.17. The van der Waals surface area contributed by atoms with Crippen LogP contribution in [0.4, 0.5) is 5.69 Å². The molecule has 0 unspecified atom stereocenters. The number of aliphatic carboxylic acids is 1. The van der Waals surface area contributed by atoms with Crippen molar-refractivity contribution in [2.75, 3.05) is 18.5 Å². The average Bonchev–Trinajstić information content (AvgIpc) is 2.43. The highest BCUT2D eigenvalue weighted by Crippen LogP contribution is 2.20. The zero-order chi connectivity index (χ0) is 16.0. The van der Waals surface area contributed by atoms with Crippen LogP contribution in [0.15, 0.2) is 29.2 Å². The lowest BCUT2D eigenvalue weighted by Gasteiger charge is -2.29. The Labute approximate surface area is 125 Å². The van der Waals surface area contributed by atoms with E-state index in [1.807, 2.05) is 13.8 Å². The molecule has 0 saturated heterocycles. The van der Waals surface area contributed by atoms with E-state index in [4.69, 9.17) is 5.11 Å². The third-order valence-electron chi connectivity index (χ3n) is 3.16.